The highest BCUT2D eigenvalue weighted by Crippen LogP contribution is 1.43. The Kier molecular flexibility index (Phi) is 51.4. The van der Waals surface area contributed by atoms with Crippen LogP contribution in [0.2, 0.25) is 0 Å². The fourth-order valence-corrected chi connectivity index (χ4v) is 0. The zero-order chi connectivity index (χ0) is 12.6. The monoisotopic (exact) mass is 210 g/mol. The fourth-order valence-electron chi connectivity index (χ4n) is 0. The van der Waals surface area contributed by atoms with Crippen LogP contribution in [-0.4, -0.2) is 32.7 Å². The second-order valence-electron chi connectivity index (χ2n) is 0.765. The first kappa shape index (κ1) is 22.5. The zero-order valence-corrected chi connectivity index (χ0v) is 6.39. The molecule has 0 radical (unpaired) electrons. The average Bonchev–Trinajstić information content (AvgIpc) is 1.85. The number of nitrogens with one attached hydrogen (secondary N) is 2. The molecule has 0 amide bonds. The molecule has 12 nitrogen and oxygen atoms in total. The molecule has 80 valence electrons. The molecule has 14 heavy (non-hydrogen) atoms. The van der Waals surface area contributed by atoms with Gasteiger partial charge in [0.2, 0.25) is 0 Å². The largest absolute Gasteiger partial charge is 0.503 e. The van der Waals surface area contributed by atoms with Crippen molar-refractivity contribution < 1.29 is 30.0 Å². The van der Waals surface area contributed by atoms with Crippen molar-refractivity contribution in [3.05, 3.63) is 20.9 Å². The van der Waals surface area contributed by atoms with Gasteiger partial charge in [0.1, 0.15) is 0 Å². The summed E-state index contributed by atoms with van der Waals surface area (Å²) in [5.41, 5.74) is 24.5. The quantitative estimate of drug-likeness (QED) is 0.198. The van der Waals surface area contributed by atoms with E-state index < -0.39 is 12.3 Å². The third kappa shape index (κ3) is 75.6. The standard InChI is InChI=1S/2CH2O3.2HN3/c2*2-1(3)4;2*1-3-2/h2*(H2,2,3,4);2*1H. The smallest absolute Gasteiger partial charge is 0.450 e. The molecule has 0 aliphatic carbocycles. The van der Waals surface area contributed by atoms with E-state index in [1.165, 1.54) is 0 Å². The summed E-state index contributed by atoms with van der Waals surface area (Å²) in [6.45, 7) is 0. The van der Waals surface area contributed by atoms with Crippen LogP contribution in [0.4, 0.5) is 9.59 Å². The van der Waals surface area contributed by atoms with Crippen molar-refractivity contribution in [2.24, 2.45) is 0 Å². The van der Waals surface area contributed by atoms with Crippen molar-refractivity contribution in [3.8, 4) is 0 Å². The van der Waals surface area contributed by atoms with Crippen LogP contribution in [-0.2, 0) is 0 Å². The summed E-state index contributed by atoms with van der Waals surface area (Å²) in [4.78, 5) is 20.6. The highest BCUT2D eigenvalue weighted by molar-refractivity contribution is 5.53. The fraction of sp³-hybridized carbons (Fsp3) is 0. The molecule has 0 atom stereocenters. The first-order chi connectivity index (χ1) is 6.29. The van der Waals surface area contributed by atoms with Gasteiger partial charge in [0.05, 0.1) is 0 Å². The van der Waals surface area contributed by atoms with Crippen LogP contribution in [0, 0.1) is 11.1 Å². The Morgan fingerprint density at radius 2 is 0.857 bits per heavy atom. The summed E-state index contributed by atoms with van der Waals surface area (Å²) < 4.78 is 0. The Bertz CT molecular complexity index is 180. The van der Waals surface area contributed by atoms with Crippen molar-refractivity contribution in [2.45, 2.75) is 0 Å². The Labute approximate surface area is 75.5 Å². The molecule has 0 saturated carbocycles. The van der Waals surface area contributed by atoms with E-state index in [4.69, 9.17) is 52.1 Å². The van der Waals surface area contributed by atoms with Crippen LogP contribution in [0.25, 0.3) is 20.9 Å². The molecule has 0 saturated heterocycles. The lowest BCUT2D eigenvalue weighted by Gasteiger charge is -1.60. The lowest BCUT2D eigenvalue weighted by Crippen LogP contribution is -1.81. The van der Waals surface area contributed by atoms with Crippen molar-refractivity contribution in [1.82, 2.24) is 0 Å². The molecule has 0 aromatic heterocycles. The Morgan fingerprint density at radius 3 is 0.857 bits per heavy atom. The number of carboxylic acid groups (broad SMARTS) is 4. The van der Waals surface area contributed by atoms with Crippen LogP contribution < -0.4 is 0 Å². The van der Waals surface area contributed by atoms with Crippen LogP contribution in [0.15, 0.2) is 0 Å². The second kappa shape index (κ2) is 32.0. The van der Waals surface area contributed by atoms with Gasteiger partial charge in [-0.2, -0.15) is 0 Å². The minimum absolute atomic E-state index is 1.75. The summed E-state index contributed by atoms with van der Waals surface area (Å²) in [6.07, 6.45) is -3.67. The molecule has 0 heterocycles. The maximum atomic E-state index is 8.56. The molecular weight excluding hydrogens is 204 g/mol. The minimum Gasteiger partial charge on any atom is -0.450 e. The lowest BCUT2D eigenvalue weighted by atomic mass is 11.5. The summed E-state index contributed by atoms with van der Waals surface area (Å²) >= 11 is 0. The van der Waals surface area contributed by atoms with Gasteiger partial charge in [-0.15, -0.1) is 11.1 Å². The maximum Gasteiger partial charge on any atom is 0.503 e. The van der Waals surface area contributed by atoms with Crippen LogP contribution in [0.1, 0.15) is 0 Å². The van der Waals surface area contributed by atoms with E-state index in [9.17, 15) is 0 Å². The SMILES string of the molecule is O=C(O)O.O=C(O)O.[N-]=[N+]=N.[N-]=[N+]=N. The third-order valence-corrected chi connectivity index (χ3v) is 0. The van der Waals surface area contributed by atoms with E-state index in [-0.39, 0.29) is 0 Å². The van der Waals surface area contributed by atoms with Crippen molar-refractivity contribution in [2.75, 3.05) is 0 Å². The Hall–Kier alpha value is -2.84. The van der Waals surface area contributed by atoms with Gasteiger partial charge in [-0.25, -0.2) is 9.59 Å². The summed E-state index contributed by atoms with van der Waals surface area (Å²) in [5, 5.41) is 27.9. The maximum absolute atomic E-state index is 8.56. The van der Waals surface area contributed by atoms with Crippen molar-refractivity contribution >= 4 is 12.3 Å². The molecule has 0 rings (SSSR count). The molecule has 0 spiro atoms. The van der Waals surface area contributed by atoms with Crippen molar-refractivity contribution in [3.63, 3.8) is 0 Å². The van der Waals surface area contributed by atoms with Crippen molar-refractivity contribution in [1.29, 1.82) is 11.1 Å². The van der Waals surface area contributed by atoms with E-state index in [1.807, 2.05) is 0 Å². The van der Waals surface area contributed by atoms with Crippen LogP contribution in [0.3, 0.4) is 0 Å². The average molecular weight is 210 g/mol. The van der Waals surface area contributed by atoms with Gasteiger partial charge in [0.15, 0.2) is 0 Å². The first-order valence-electron chi connectivity index (χ1n) is 2.15. The van der Waals surface area contributed by atoms with Gasteiger partial charge >= 0.3 is 12.3 Å². The van der Waals surface area contributed by atoms with Gasteiger partial charge in [-0.3, -0.25) is 0 Å². The molecule has 6 N–H and O–H groups in total. The molecule has 0 aliphatic heterocycles. The molecule has 12 heteroatoms. The zero-order valence-electron chi connectivity index (χ0n) is 6.39. The lowest BCUT2D eigenvalue weighted by molar-refractivity contribution is 0.135. The second-order valence-corrected chi connectivity index (χ2v) is 0.765. The highest BCUT2D eigenvalue weighted by Gasteiger charge is 1.70. The molecule has 0 unspecified atom stereocenters. The number of hydrogen-bond donors (Lipinski definition) is 6. The molecule has 0 aromatic rings. The Balaban J connectivity index is -0.0000000482. The summed E-state index contributed by atoms with van der Waals surface area (Å²) in [6, 6.07) is 0. The van der Waals surface area contributed by atoms with Crippen LogP contribution >= 0.6 is 0 Å². The van der Waals surface area contributed by atoms with E-state index in [2.05, 4.69) is 0 Å². The molecular formula is C2H6N6O6. The van der Waals surface area contributed by atoms with E-state index >= 15 is 0 Å². The van der Waals surface area contributed by atoms with E-state index in [1.54, 1.807) is 9.82 Å². The molecule has 0 aliphatic rings. The van der Waals surface area contributed by atoms with E-state index in [0.717, 1.165) is 0 Å². The first-order valence-corrected chi connectivity index (χ1v) is 2.15. The normalized spacial score (nSPS) is 4.57. The van der Waals surface area contributed by atoms with Crippen LogP contribution in [0.5, 0.6) is 0 Å². The minimum atomic E-state index is -1.83. The number of nitrogens with zero attached hydrogens (tertiary/aromatic N) is 4. The van der Waals surface area contributed by atoms with Gasteiger partial charge in [-0.05, 0) is 20.9 Å². The van der Waals surface area contributed by atoms with Gasteiger partial charge in [0.25, 0.3) is 0 Å². The third-order valence-electron chi connectivity index (χ3n) is 0. The highest BCUT2D eigenvalue weighted by atomic mass is 16.6. The van der Waals surface area contributed by atoms with Gasteiger partial charge in [-0.1, -0.05) is 0 Å². The predicted molar refractivity (Wildman–Crippen MR) is 40.2 cm³/mol. The molecule has 0 aromatic carbocycles. The van der Waals surface area contributed by atoms with Gasteiger partial charge < -0.3 is 20.4 Å². The topological polar surface area (TPSA) is 236 Å². The molecule has 0 fully saturated rings. The van der Waals surface area contributed by atoms with E-state index in [0.29, 0.717) is 0 Å². The number of rotatable bonds is 0. The number of carbonyl (C=O) groups is 2. The summed E-state index contributed by atoms with van der Waals surface area (Å²) in [7, 11) is 0. The number of hydrogen-bond acceptors (Lipinski definition) is 4. The Morgan fingerprint density at radius 1 is 0.857 bits per heavy atom. The predicted octanol–water partition coefficient (Wildman–Crippen LogP) is 2.20. The van der Waals surface area contributed by atoms with Gasteiger partial charge in [0, 0.05) is 0 Å². The molecule has 0 bridgehead atoms. The summed E-state index contributed by atoms with van der Waals surface area (Å²) in [5.74, 6) is 0.